The minimum atomic E-state index is 0.458. The molecular weight excluding hydrogens is 122 g/mol. The molecule has 0 amide bonds. The summed E-state index contributed by atoms with van der Waals surface area (Å²) in [4.78, 5) is 0. The van der Waals surface area contributed by atoms with Gasteiger partial charge in [0.05, 0.1) is 6.07 Å². The Labute approximate surface area is 54.6 Å². The molecule has 1 nitrogen and oxygen atoms in total. The molecule has 0 saturated carbocycles. The van der Waals surface area contributed by atoms with Crippen molar-refractivity contribution in [3.05, 3.63) is 11.1 Å². The zero-order valence-electron chi connectivity index (χ0n) is 5.03. The molecule has 0 N–H and O–H groups in total. The largest absolute Gasteiger partial charge is 0.193 e. The smallest absolute Gasteiger partial charge is 0.0943 e. The lowest BCUT2D eigenvalue weighted by molar-refractivity contribution is 1.29. The number of halogens is 1. The van der Waals surface area contributed by atoms with Crippen molar-refractivity contribution >= 4 is 11.6 Å². The predicted molar refractivity (Wildman–Crippen MR) is 34.7 cm³/mol. The van der Waals surface area contributed by atoms with Crippen LogP contribution < -0.4 is 0 Å². The van der Waals surface area contributed by atoms with Gasteiger partial charge in [-0.2, -0.15) is 5.26 Å². The average Bonchev–Trinajstić information content (AvgIpc) is 1.84. The van der Waals surface area contributed by atoms with Gasteiger partial charge in [-0.3, -0.25) is 0 Å². The van der Waals surface area contributed by atoms with Crippen LogP contribution in [-0.2, 0) is 0 Å². The number of nitrogens with zero attached hydrogens (tertiary/aromatic N) is 1. The molecule has 0 aliphatic carbocycles. The second-order valence-electron chi connectivity index (χ2n) is 1.65. The van der Waals surface area contributed by atoms with E-state index in [1.807, 2.05) is 13.0 Å². The van der Waals surface area contributed by atoms with E-state index in [0.29, 0.717) is 5.88 Å². The highest BCUT2D eigenvalue weighted by molar-refractivity contribution is 6.19. The number of hydrogen-bond donors (Lipinski definition) is 0. The van der Waals surface area contributed by atoms with E-state index in [0.717, 1.165) is 11.1 Å². The van der Waals surface area contributed by atoms with Crippen LogP contribution in [0.1, 0.15) is 13.8 Å². The summed E-state index contributed by atoms with van der Waals surface area (Å²) in [7, 11) is 0. The van der Waals surface area contributed by atoms with Crippen LogP contribution in [0.3, 0.4) is 0 Å². The first-order valence-corrected chi connectivity index (χ1v) is 2.88. The van der Waals surface area contributed by atoms with Gasteiger partial charge in [0.1, 0.15) is 0 Å². The third-order valence-corrected chi connectivity index (χ3v) is 1.41. The summed E-state index contributed by atoms with van der Waals surface area (Å²) in [5, 5.41) is 8.27. The van der Waals surface area contributed by atoms with Crippen molar-refractivity contribution in [2.75, 3.05) is 5.88 Å². The summed E-state index contributed by atoms with van der Waals surface area (Å²) in [5.41, 5.74) is 1.68. The maximum absolute atomic E-state index is 8.27. The van der Waals surface area contributed by atoms with Crippen molar-refractivity contribution in [1.82, 2.24) is 0 Å². The standard InChI is InChI=1S/C6H8ClN/c1-5(3-7)6(2)4-8/h3H2,1-2H3/b6-5-. The monoisotopic (exact) mass is 129 g/mol. The fourth-order valence-corrected chi connectivity index (χ4v) is 0.396. The fraction of sp³-hybridized carbons (Fsp3) is 0.500. The molecule has 0 aliphatic heterocycles. The molecule has 0 spiro atoms. The maximum Gasteiger partial charge on any atom is 0.0943 e. The van der Waals surface area contributed by atoms with Crippen LogP contribution in [-0.4, -0.2) is 5.88 Å². The maximum atomic E-state index is 8.27. The van der Waals surface area contributed by atoms with Gasteiger partial charge in [0.15, 0.2) is 0 Å². The van der Waals surface area contributed by atoms with Gasteiger partial charge in [-0.05, 0) is 19.4 Å². The van der Waals surface area contributed by atoms with Crippen LogP contribution in [0.4, 0.5) is 0 Å². The van der Waals surface area contributed by atoms with Gasteiger partial charge in [0, 0.05) is 11.5 Å². The molecule has 0 bridgehead atoms. The Kier molecular flexibility index (Phi) is 3.30. The van der Waals surface area contributed by atoms with Crippen LogP contribution in [0, 0.1) is 11.3 Å². The van der Waals surface area contributed by atoms with Crippen molar-refractivity contribution in [2.24, 2.45) is 0 Å². The lowest BCUT2D eigenvalue weighted by Gasteiger charge is -1.90. The van der Waals surface area contributed by atoms with Crippen molar-refractivity contribution in [3.63, 3.8) is 0 Å². The van der Waals surface area contributed by atoms with E-state index in [9.17, 15) is 0 Å². The number of nitriles is 1. The van der Waals surface area contributed by atoms with Gasteiger partial charge < -0.3 is 0 Å². The molecule has 0 heterocycles. The van der Waals surface area contributed by atoms with Gasteiger partial charge in [-0.1, -0.05) is 0 Å². The van der Waals surface area contributed by atoms with Gasteiger partial charge in [0.25, 0.3) is 0 Å². The molecule has 2 heteroatoms. The average molecular weight is 130 g/mol. The zero-order chi connectivity index (χ0) is 6.57. The third-order valence-electron chi connectivity index (χ3n) is 1.01. The van der Waals surface area contributed by atoms with Crippen molar-refractivity contribution < 1.29 is 0 Å². The highest BCUT2D eigenvalue weighted by Crippen LogP contribution is 2.02. The quantitative estimate of drug-likeness (QED) is 0.393. The summed E-state index contributed by atoms with van der Waals surface area (Å²) in [6.45, 7) is 3.61. The van der Waals surface area contributed by atoms with Gasteiger partial charge in [0.2, 0.25) is 0 Å². The van der Waals surface area contributed by atoms with E-state index in [4.69, 9.17) is 16.9 Å². The van der Waals surface area contributed by atoms with Gasteiger partial charge >= 0.3 is 0 Å². The molecule has 0 aromatic rings. The molecule has 0 radical (unpaired) electrons. The lowest BCUT2D eigenvalue weighted by Crippen LogP contribution is -1.80. The lowest BCUT2D eigenvalue weighted by atomic mass is 10.2. The van der Waals surface area contributed by atoms with Crippen LogP contribution in [0.15, 0.2) is 11.1 Å². The van der Waals surface area contributed by atoms with Crippen molar-refractivity contribution in [3.8, 4) is 6.07 Å². The number of alkyl halides is 1. The zero-order valence-corrected chi connectivity index (χ0v) is 5.79. The molecular formula is C6H8ClN. The highest BCUT2D eigenvalue weighted by Gasteiger charge is 1.90. The normalized spacial score (nSPS) is 12.2. The fourth-order valence-electron chi connectivity index (χ4n) is 0.196. The highest BCUT2D eigenvalue weighted by atomic mass is 35.5. The molecule has 0 atom stereocenters. The minimum absolute atomic E-state index is 0.458. The van der Waals surface area contributed by atoms with Gasteiger partial charge in [-0.25, -0.2) is 0 Å². The second-order valence-corrected chi connectivity index (χ2v) is 1.92. The molecule has 8 heavy (non-hydrogen) atoms. The molecule has 0 fully saturated rings. The van der Waals surface area contributed by atoms with Gasteiger partial charge in [-0.15, -0.1) is 11.6 Å². The molecule has 0 aromatic carbocycles. The first-order valence-electron chi connectivity index (χ1n) is 2.34. The third kappa shape index (κ3) is 1.99. The van der Waals surface area contributed by atoms with E-state index in [2.05, 4.69) is 0 Å². The summed E-state index contributed by atoms with van der Waals surface area (Å²) in [5.74, 6) is 0.458. The SMILES string of the molecule is C/C(C#N)=C(\C)CCl. The molecule has 44 valence electrons. The van der Waals surface area contributed by atoms with Crippen molar-refractivity contribution in [2.45, 2.75) is 13.8 Å². The molecule has 0 aliphatic rings. The molecule has 0 aromatic heterocycles. The first kappa shape index (κ1) is 7.52. The second kappa shape index (κ2) is 3.51. The van der Waals surface area contributed by atoms with Crippen LogP contribution in [0.25, 0.3) is 0 Å². The van der Waals surface area contributed by atoms with Crippen LogP contribution in [0.5, 0.6) is 0 Å². The van der Waals surface area contributed by atoms with Crippen LogP contribution >= 0.6 is 11.6 Å². The number of allylic oxidation sites excluding steroid dienone is 2. The van der Waals surface area contributed by atoms with E-state index >= 15 is 0 Å². The van der Waals surface area contributed by atoms with E-state index < -0.39 is 0 Å². The Morgan fingerprint density at radius 3 is 2.25 bits per heavy atom. The molecule has 0 unspecified atom stereocenters. The topological polar surface area (TPSA) is 23.8 Å². The Morgan fingerprint density at radius 2 is 2.12 bits per heavy atom. The summed E-state index contributed by atoms with van der Waals surface area (Å²) in [6, 6.07) is 2.01. The Balaban J connectivity index is 4.10. The van der Waals surface area contributed by atoms with E-state index in [-0.39, 0.29) is 0 Å². The summed E-state index contributed by atoms with van der Waals surface area (Å²) in [6.07, 6.45) is 0. The Bertz CT molecular complexity index is 141. The predicted octanol–water partition coefficient (Wildman–Crippen LogP) is 2.09. The minimum Gasteiger partial charge on any atom is -0.193 e. The summed E-state index contributed by atoms with van der Waals surface area (Å²) >= 11 is 5.42. The Morgan fingerprint density at radius 1 is 1.62 bits per heavy atom. The number of hydrogen-bond acceptors (Lipinski definition) is 1. The Hall–Kier alpha value is -0.480. The van der Waals surface area contributed by atoms with Crippen molar-refractivity contribution in [1.29, 1.82) is 5.26 Å². The molecule has 0 rings (SSSR count). The van der Waals surface area contributed by atoms with E-state index in [1.54, 1.807) is 6.92 Å². The van der Waals surface area contributed by atoms with E-state index in [1.165, 1.54) is 0 Å². The molecule has 0 saturated heterocycles. The summed E-state index contributed by atoms with van der Waals surface area (Å²) < 4.78 is 0. The van der Waals surface area contributed by atoms with Crippen LogP contribution in [0.2, 0.25) is 0 Å². The number of rotatable bonds is 1. The first-order chi connectivity index (χ1) is 3.72.